The van der Waals surface area contributed by atoms with Gasteiger partial charge in [0.25, 0.3) is 0 Å². The highest BCUT2D eigenvalue weighted by Gasteiger charge is 2.07. The Hall–Kier alpha value is -2.50. The molecule has 3 rings (SSSR count). The van der Waals surface area contributed by atoms with Crippen LogP contribution >= 0.6 is 12.4 Å². The summed E-state index contributed by atoms with van der Waals surface area (Å²) >= 11 is 0. The minimum absolute atomic E-state index is 0. The first-order chi connectivity index (χ1) is 9.74. The van der Waals surface area contributed by atoms with E-state index >= 15 is 0 Å². The number of hydrogen-bond donors (Lipinski definition) is 2. The lowest BCUT2D eigenvalue weighted by molar-refractivity contribution is 1.17. The Labute approximate surface area is 135 Å². The van der Waals surface area contributed by atoms with E-state index in [0.717, 1.165) is 22.4 Å². The van der Waals surface area contributed by atoms with Crippen molar-refractivity contribution < 1.29 is 0 Å². The van der Waals surface area contributed by atoms with Crippen molar-refractivity contribution >= 4 is 18.1 Å². The summed E-state index contributed by atoms with van der Waals surface area (Å²) in [7, 11) is 0. The van der Waals surface area contributed by atoms with Gasteiger partial charge in [-0.1, -0.05) is 6.07 Å². The molecule has 1 aromatic carbocycles. The molecule has 0 saturated heterocycles. The summed E-state index contributed by atoms with van der Waals surface area (Å²) in [6.07, 6.45) is 5.29. The van der Waals surface area contributed by atoms with Gasteiger partial charge in [-0.25, -0.2) is 9.97 Å². The third-order valence-electron chi connectivity index (χ3n) is 3.12. The normalized spacial score (nSPS) is 9.50. The van der Waals surface area contributed by atoms with Crippen LogP contribution in [0.3, 0.4) is 0 Å². The molecule has 0 amide bonds. The predicted octanol–water partition coefficient (Wildman–Crippen LogP) is 3.68. The van der Waals surface area contributed by atoms with E-state index in [9.17, 15) is 0 Å². The van der Waals surface area contributed by atoms with Crippen LogP contribution in [-0.2, 0) is 0 Å². The van der Waals surface area contributed by atoms with Gasteiger partial charge >= 0.3 is 0 Å². The van der Waals surface area contributed by atoms with E-state index in [1.807, 2.05) is 43.3 Å². The fraction of sp³-hybridized carbons (Fsp3) is 0.0625. The number of nitrogens with two attached hydrogens (primary N) is 1. The number of aromatic nitrogens is 3. The highest BCUT2D eigenvalue weighted by molar-refractivity contribution is 5.85. The van der Waals surface area contributed by atoms with E-state index in [4.69, 9.17) is 5.73 Å². The van der Waals surface area contributed by atoms with Gasteiger partial charge in [-0.05, 0) is 42.8 Å². The second kappa shape index (κ2) is 7.49. The molecule has 5 nitrogen and oxygen atoms in total. The fourth-order valence-electron chi connectivity index (χ4n) is 2.04. The Balaban J connectivity index is 0.00000121. The molecular weight excluding hydrogens is 298 g/mol. The van der Waals surface area contributed by atoms with Crippen LogP contribution in [0.4, 0.5) is 5.69 Å². The number of hydrogen-bond acceptors (Lipinski definition) is 5. The summed E-state index contributed by atoms with van der Waals surface area (Å²) in [5.41, 5.74) is 10.4. The zero-order chi connectivity index (χ0) is 13.9. The molecule has 2 aromatic heterocycles. The van der Waals surface area contributed by atoms with Crippen molar-refractivity contribution in [1.29, 1.82) is 0 Å². The molecular formula is C16H18ClN5. The van der Waals surface area contributed by atoms with Gasteiger partial charge in [-0.15, -0.1) is 12.4 Å². The minimum atomic E-state index is 0. The van der Waals surface area contributed by atoms with Crippen molar-refractivity contribution in [1.82, 2.24) is 21.1 Å². The quantitative estimate of drug-likeness (QED) is 0.703. The van der Waals surface area contributed by atoms with Crippen LogP contribution in [0.2, 0.25) is 0 Å². The molecule has 5 N–H and O–H groups in total. The van der Waals surface area contributed by atoms with Crippen LogP contribution in [0.5, 0.6) is 0 Å². The van der Waals surface area contributed by atoms with Gasteiger partial charge in [0.15, 0.2) is 5.82 Å². The third-order valence-corrected chi connectivity index (χ3v) is 3.12. The van der Waals surface area contributed by atoms with Crippen molar-refractivity contribution in [2.24, 2.45) is 0 Å². The van der Waals surface area contributed by atoms with Gasteiger partial charge in [-0.2, -0.15) is 0 Å². The summed E-state index contributed by atoms with van der Waals surface area (Å²) in [5.74, 6) is 0.677. The Kier molecular flexibility index (Phi) is 5.98. The van der Waals surface area contributed by atoms with Gasteiger partial charge in [0.05, 0.1) is 5.69 Å². The SMILES string of the molecule is Cc1ccc(N)cc1-c1nccc(-c2cccnc2)n1.Cl.N. The first-order valence-electron chi connectivity index (χ1n) is 6.34. The number of pyridine rings is 1. The van der Waals surface area contributed by atoms with Crippen molar-refractivity contribution in [2.45, 2.75) is 6.92 Å². The lowest BCUT2D eigenvalue weighted by Gasteiger charge is -2.07. The highest BCUT2D eigenvalue weighted by Crippen LogP contribution is 2.24. The van der Waals surface area contributed by atoms with Crippen LogP contribution in [0.15, 0.2) is 55.0 Å². The lowest BCUT2D eigenvalue weighted by Crippen LogP contribution is -1.95. The topological polar surface area (TPSA) is 99.7 Å². The number of benzene rings is 1. The molecule has 0 atom stereocenters. The van der Waals surface area contributed by atoms with Gasteiger partial charge in [0, 0.05) is 35.4 Å². The lowest BCUT2D eigenvalue weighted by atomic mass is 10.1. The van der Waals surface area contributed by atoms with Gasteiger partial charge < -0.3 is 11.9 Å². The summed E-state index contributed by atoms with van der Waals surface area (Å²) in [5, 5.41) is 0. The number of nitrogens with zero attached hydrogens (tertiary/aromatic N) is 3. The molecule has 0 radical (unpaired) electrons. The molecule has 2 heterocycles. The van der Waals surface area contributed by atoms with Crippen molar-refractivity contribution in [3.8, 4) is 22.6 Å². The van der Waals surface area contributed by atoms with Crippen molar-refractivity contribution in [3.05, 3.63) is 60.6 Å². The summed E-state index contributed by atoms with van der Waals surface area (Å²) < 4.78 is 0. The monoisotopic (exact) mass is 315 g/mol. The molecule has 6 heteroatoms. The largest absolute Gasteiger partial charge is 0.399 e. The highest BCUT2D eigenvalue weighted by atomic mass is 35.5. The van der Waals surface area contributed by atoms with E-state index in [1.54, 1.807) is 18.6 Å². The smallest absolute Gasteiger partial charge is 0.160 e. The van der Waals surface area contributed by atoms with Crippen LogP contribution in [0.1, 0.15) is 5.56 Å². The molecule has 0 aliphatic heterocycles. The number of aryl methyl sites for hydroxylation is 1. The van der Waals surface area contributed by atoms with E-state index in [-0.39, 0.29) is 18.6 Å². The number of halogens is 1. The Bertz CT molecular complexity index is 747. The standard InChI is InChI=1S/C16H14N4.ClH.H3N/c1-11-4-5-13(17)9-14(11)16-19-8-6-15(20-16)12-3-2-7-18-10-12;;/h2-10H,17H2,1H3;1H;1H3. The van der Waals surface area contributed by atoms with Gasteiger partial charge in [0.2, 0.25) is 0 Å². The van der Waals surface area contributed by atoms with Crippen molar-refractivity contribution in [2.75, 3.05) is 5.73 Å². The fourth-order valence-corrected chi connectivity index (χ4v) is 2.04. The van der Waals surface area contributed by atoms with E-state index in [2.05, 4.69) is 15.0 Å². The van der Waals surface area contributed by atoms with Crippen molar-refractivity contribution in [3.63, 3.8) is 0 Å². The van der Waals surface area contributed by atoms with Gasteiger partial charge in [-0.3, -0.25) is 4.98 Å². The summed E-state index contributed by atoms with van der Waals surface area (Å²) in [6, 6.07) is 11.5. The van der Waals surface area contributed by atoms with E-state index < -0.39 is 0 Å². The molecule has 114 valence electrons. The molecule has 3 aromatic rings. The van der Waals surface area contributed by atoms with Gasteiger partial charge in [0.1, 0.15) is 0 Å². The van der Waals surface area contributed by atoms with Crippen LogP contribution < -0.4 is 11.9 Å². The molecule has 22 heavy (non-hydrogen) atoms. The average molecular weight is 316 g/mol. The molecule has 0 spiro atoms. The summed E-state index contributed by atoms with van der Waals surface area (Å²) in [6.45, 7) is 2.02. The molecule has 0 fully saturated rings. The van der Waals surface area contributed by atoms with E-state index in [0.29, 0.717) is 11.5 Å². The third kappa shape index (κ3) is 3.58. The molecule has 0 aliphatic rings. The maximum Gasteiger partial charge on any atom is 0.160 e. The van der Waals surface area contributed by atoms with Crippen LogP contribution in [0, 0.1) is 6.92 Å². The molecule has 0 saturated carbocycles. The van der Waals surface area contributed by atoms with Crippen LogP contribution in [0.25, 0.3) is 22.6 Å². The Morgan fingerprint density at radius 1 is 1.05 bits per heavy atom. The maximum atomic E-state index is 5.85. The minimum Gasteiger partial charge on any atom is -0.399 e. The Morgan fingerprint density at radius 3 is 2.59 bits per heavy atom. The van der Waals surface area contributed by atoms with Crippen LogP contribution in [-0.4, -0.2) is 15.0 Å². The first-order valence-corrected chi connectivity index (χ1v) is 6.34. The zero-order valence-electron chi connectivity index (χ0n) is 12.2. The number of rotatable bonds is 2. The zero-order valence-corrected chi connectivity index (χ0v) is 13.0. The number of anilines is 1. The second-order valence-electron chi connectivity index (χ2n) is 4.58. The Morgan fingerprint density at radius 2 is 1.86 bits per heavy atom. The maximum absolute atomic E-state index is 5.85. The summed E-state index contributed by atoms with van der Waals surface area (Å²) in [4.78, 5) is 13.1. The predicted molar refractivity (Wildman–Crippen MR) is 92.1 cm³/mol. The first kappa shape index (κ1) is 17.6. The second-order valence-corrected chi connectivity index (χ2v) is 4.58. The average Bonchev–Trinajstić information content (AvgIpc) is 2.51. The molecule has 0 unspecified atom stereocenters. The molecule has 0 bridgehead atoms. The molecule has 0 aliphatic carbocycles. The number of nitrogen functional groups attached to an aromatic ring is 1. The van der Waals surface area contributed by atoms with E-state index in [1.165, 1.54) is 0 Å².